The van der Waals surface area contributed by atoms with Crippen LogP contribution < -0.4 is 20.3 Å². The van der Waals surface area contributed by atoms with E-state index in [2.05, 4.69) is 10.9 Å². The molecule has 2 rings (SSSR count). The van der Waals surface area contributed by atoms with E-state index in [0.717, 1.165) is 5.56 Å². The molecule has 0 heterocycles. The Balaban J connectivity index is 1.65. The molecule has 8 nitrogen and oxygen atoms in total. The van der Waals surface area contributed by atoms with Crippen LogP contribution in [0.25, 0.3) is 6.08 Å². The molecule has 29 heavy (non-hydrogen) atoms. The first-order chi connectivity index (χ1) is 14.0. The summed E-state index contributed by atoms with van der Waals surface area (Å²) in [5.74, 6) is -0.894. The van der Waals surface area contributed by atoms with E-state index in [1.54, 1.807) is 48.5 Å². The van der Waals surface area contributed by atoms with E-state index in [-0.39, 0.29) is 6.61 Å². The van der Waals surface area contributed by atoms with Crippen LogP contribution in [0, 0.1) is 0 Å². The molecule has 0 bridgehead atoms. The van der Waals surface area contributed by atoms with E-state index in [1.165, 1.54) is 19.3 Å². The Morgan fingerprint density at radius 1 is 0.966 bits per heavy atom. The van der Waals surface area contributed by atoms with Crippen LogP contribution in [-0.4, -0.2) is 38.1 Å². The van der Waals surface area contributed by atoms with Crippen LogP contribution in [0.3, 0.4) is 0 Å². The maximum Gasteiger partial charge on any atom is 0.331 e. The minimum atomic E-state index is -0.708. The lowest BCUT2D eigenvalue weighted by Gasteiger charge is -2.09. The van der Waals surface area contributed by atoms with Crippen molar-refractivity contribution in [2.75, 3.05) is 20.3 Å². The lowest BCUT2D eigenvalue weighted by Crippen LogP contribution is -2.45. The molecule has 0 spiro atoms. The van der Waals surface area contributed by atoms with Gasteiger partial charge in [0.1, 0.15) is 11.5 Å². The molecule has 0 aromatic heterocycles. The average molecular weight is 419 g/mol. The molecule has 152 valence electrons. The summed E-state index contributed by atoms with van der Waals surface area (Å²) in [6.07, 6.45) is 2.71. The zero-order valence-corrected chi connectivity index (χ0v) is 16.3. The number of methoxy groups -OCH3 is 1. The van der Waals surface area contributed by atoms with Gasteiger partial charge in [-0.2, -0.15) is 0 Å². The molecular weight excluding hydrogens is 400 g/mol. The zero-order chi connectivity index (χ0) is 21.1. The Labute approximate surface area is 172 Å². The molecule has 0 radical (unpaired) electrons. The maximum absolute atomic E-state index is 11.7. The first kappa shape index (κ1) is 21.8. The standard InChI is InChI=1S/C20H19ClN2O6/c1-27-17-4-2-3-14(11-17)5-10-20(26)29-13-19(25)23-22-18(24)12-28-16-8-6-15(21)7-9-16/h2-11H,12-13H2,1H3,(H,22,24)(H,23,25)/b10-5+. The highest BCUT2D eigenvalue weighted by Crippen LogP contribution is 2.15. The summed E-state index contributed by atoms with van der Waals surface area (Å²) in [5.41, 5.74) is 5.00. The molecule has 0 aliphatic heterocycles. The number of carbonyl (C=O) groups is 3. The Kier molecular flexibility index (Phi) is 8.52. The van der Waals surface area contributed by atoms with Crippen LogP contribution in [0.2, 0.25) is 5.02 Å². The minimum absolute atomic E-state index is 0.315. The predicted molar refractivity (Wildman–Crippen MR) is 106 cm³/mol. The van der Waals surface area contributed by atoms with E-state index in [0.29, 0.717) is 16.5 Å². The highest BCUT2D eigenvalue weighted by atomic mass is 35.5. The summed E-state index contributed by atoms with van der Waals surface area (Å²) in [5, 5.41) is 0.543. The van der Waals surface area contributed by atoms with Crippen LogP contribution in [0.15, 0.2) is 54.6 Å². The van der Waals surface area contributed by atoms with Crippen LogP contribution in [0.1, 0.15) is 5.56 Å². The van der Waals surface area contributed by atoms with Gasteiger partial charge in [0, 0.05) is 11.1 Å². The summed E-state index contributed by atoms with van der Waals surface area (Å²) in [4.78, 5) is 34.9. The monoisotopic (exact) mass is 418 g/mol. The third-order valence-corrected chi connectivity index (χ3v) is 3.63. The van der Waals surface area contributed by atoms with Gasteiger partial charge in [0.25, 0.3) is 11.8 Å². The molecule has 9 heteroatoms. The van der Waals surface area contributed by atoms with Crippen molar-refractivity contribution in [2.45, 2.75) is 0 Å². The van der Waals surface area contributed by atoms with Crippen LogP contribution in [0.5, 0.6) is 11.5 Å². The highest BCUT2D eigenvalue weighted by Gasteiger charge is 2.08. The quantitative estimate of drug-likeness (QED) is 0.387. The highest BCUT2D eigenvalue weighted by molar-refractivity contribution is 6.30. The zero-order valence-electron chi connectivity index (χ0n) is 15.5. The first-order valence-electron chi connectivity index (χ1n) is 8.41. The Morgan fingerprint density at radius 3 is 2.34 bits per heavy atom. The molecule has 0 saturated carbocycles. The third-order valence-electron chi connectivity index (χ3n) is 3.38. The Morgan fingerprint density at radius 2 is 1.66 bits per heavy atom. The Bertz CT molecular complexity index is 883. The second kappa shape index (κ2) is 11.4. The summed E-state index contributed by atoms with van der Waals surface area (Å²) in [7, 11) is 1.54. The second-order valence-corrected chi connectivity index (χ2v) is 5.99. The molecule has 0 aliphatic rings. The molecule has 0 aliphatic carbocycles. The Hall–Kier alpha value is -3.52. The number of amides is 2. The number of ether oxygens (including phenoxy) is 3. The van der Waals surface area contributed by atoms with Crippen molar-refractivity contribution >= 4 is 35.5 Å². The summed E-state index contributed by atoms with van der Waals surface area (Å²) in [6, 6.07) is 13.5. The van der Waals surface area contributed by atoms with Crippen LogP contribution >= 0.6 is 11.6 Å². The number of benzene rings is 2. The molecular formula is C20H19ClN2O6. The molecule has 2 aromatic carbocycles. The lowest BCUT2D eigenvalue weighted by molar-refractivity contribution is -0.144. The van der Waals surface area contributed by atoms with Gasteiger partial charge in [-0.15, -0.1) is 0 Å². The fraction of sp³-hybridized carbons (Fsp3) is 0.150. The summed E-state index contributed by atoms with van der Waals surface area (Å²) >= 11 is 5.75. The van der Waals surface area contributed by atoms with Crippen molar-refractivity contribution in [1.82, 2.24) is 10.9 Å². The smallest absolute Gasteiger partial charge is 0.331 e. The van der Waals surface area contributed by atoms with E-state index in [9.17, 15) is 14.4 Å². The van der Waals surface area contributed by atoms with Crippen molar-refractivity contribution in [1.29, 1.82) is 0 Å². The average Bonchev–Trinajstić information content (AvgIpc) is 2.74. The lowest BCUT2D eigenvalue weighted by atomic mass is 10.2. The number of esters is 1. The fourth-order valence-electron chi connectivity index (χ4n) is 1.99. The van der Waals surface area contributed by atoms with Gasteiger partial charge in [-0.25, -0.2) is 4.79 Å². The van der Waals surface area contributed by atoms with Crippen molar-refractivity contribution in [3.05, 3.63) is 65.2 Å². The maximum atomic E-state index is 11.7. The third kappa shape index (κ3) is 8.35. The molecule has 0 atom stereocenters. The normalized spacial score (nSPS) is 10.3. The van der Waals surface area contributed by atoms with Gasteiger partial charge in [0.05, 0.1) is 7.11 Å². The number of hydrogen-bond donors (Lipinski definition) is 2. The first-order valence-corrected chi connectivity index (χ1v) is 8.79. The molecule has 2 N–H and O–H groups in total. The molecule has 0 saturated heterocycles. The van der Waals surface area contributed by atoms with Gasteiger partial charge in [0.15, 0.2) is 13.2 Å². The van der Waals surface area contributed by atoms with E-state index in [4.69, 9.17) is 25.8 Å². The molecule has 0 fully saturated rings. The van der Waals surface area contributed by atoms with Gasteiger partial charge < -0.3 is 14.2 Å². The molecule has 2 amide bonds. The largest absolute Gasteiger partial charge is 0.497 e. The minimum Gasteiger partial charge on any atom is -0.497 e. The van der Waals surface area contributed by atoms with Gasteiger partial charge in [-0.05, 0) is 48.0 Å². The van der Waals surface area contributed by atoms with Crippen LogP contribution in [0.4, 0.5) is 0 Å². The van der Waals surface area contributed by atoms with E-state index >= 15 is 0 Å². The van der Waals surface area contributed by atoms with Crippen molar-refractivity contribution in [3.8, 4) is 11.5 Å². The van der Waals surface area contributed by atoms with Crippen molar-refractivity contribution in [2.24, 2.45) is 0 Å². The van der Waals surface area contributed by atoms with Gasteiger partial charge >= 0.3 is 5.97 Å². The van der Waals surface area contributed by atoms with Crippen molar-refractivity contribution < 1.29 is 28.6 Å². The van der Waals surface area contributed by atoms with Crippen LogP contribution in [-0.2, 0) is 19.1 Å². The number of rotatable bonds is 8. The summed E-state index contributed by atoms with van der Waals surface area (Å²) < 4.78 is 15.1. The van der Waals surface area contributed by atoms with Gasteiger partial charge in [-0.1, -0.05) is 23.7 Å². The van der Waals surface area contributed by atoms with E-state index in [1.807, 2.05) is 0 Å². The number of hydrogen-bond acceptors (Lipinski definition) is 6. The van der Waals surface area contributed by atoms with Crippen molar-refractivity contribution in [3.63, 3.8) is 0 Å². The van der Waals surface area contributed by atoms with Gasteiger partial charge in [0.2, 0.25) is 0 Å². The summed E-state index contributed by atoms with van der Waals surface area (Å²) in [6.45, 7) is -0.870. The van der Waals surface area contributed by atoms with E-state index < -0.39 is 24.4 Å². The molecule has 0 unspecified atom stereocenters. The molecule has 2 aromatic rings. The number of hydrazine groups is 1. The fourth-order valence-corrected chi connectivity index (χ4v) is 2.11. The number of halogens is 1. The second-order valence-electron chi connectivity index (χ2n) is 5.56. The van der Waals surface area contributed by atoms with Gasteiger partial charge in [-0.3, -0.25) is 20.4 Å². The number of carbonyl (C=O) groups excluding carboxylic acids is 3. The SMILES string of the molecule is COc1cccc(/C=C/C(=O)OCC(=O)NNC(=O)COc2ccc(Cl)cc2)c1. The number of nitrogens with one attached hydrogen (secondary N) is 2. The predicted octanol–water partition coefficient (Wildman–Crippen LogP) is 2.13. The topological polar surface area (TPSA) is 103 Å².